The average Bonchev–Trinajstić information content (AvgIpc) is 2.99. The lowest BCUT2D eigenvalue weighted by Crippen LogP contribution is -2.18. The molecule has 0 atom stereocenters. The molecule has 1 aliphatic carbocycles. The summed E-state index contributed by atoms with van der Waals surface area (Å²) in [6.07, 6.45) is 12.7. The van der Waals surface area contributed by atoms with Gasteiger partial charge >= 0.3 is 5.97 Å². The van der Waals surface area contributed by atoms with Crippen LogP contribution in [0.15, 0.2) is 45.9 Å². The molecular formula is C23H30O2S. The Morgan fingerprint density at radius 2 is 2.04 bits per heavy atom. The Morgan fingerprint density at radius 3 is 2.65 bits per heavy atom. The minimum absolute atomic E-state index is 0.238. The molecule has 1 heterocycles. The number of thiophene rings is 1. The fourth-order valence-electron chi connectivity index (χ4n) is 3.69. The van der Waals surface area contributed by atoms with Crippen LogP contribution in [-0.2, 0) is 4.79 Å². The molecule has 0 bridgehead atoms. The molecule has 3 heteroatoms. The number of hydrogen-bond donors (Lipinski definition) is 1. The molecule has 2 rings (SSSR count). The summed E-state index contributed by atoms with van der Waals surface area (Å²) < 4.78 is 0. The van der Waals surface area contributed by atoms with Crippen molar-refractivity contribution in [3.8, 4) is 0 Å². The third kappa shape index (κ3) is 4.85. The van der Waals surface area contributed by atoms with Gasteiger partial charge in [-0.3, -0.25) is 0 Å². The summed E-state index contributed by atoms with van der Waals surface area (Å²) in [5.41, 5.74) is 5.67. The number of aliphatic carboxylic acids is 1. The van der Waals surface area contributed by atoms with Gasteiger partial charge in [-0.2, -0.15) is 0 Å². The van der Waals surface area contributed by atoms with Gasteiger partial charge in [0.2, 0.25) is 0 Å². The number of allylic oxidation sites excluding steroid dienone is 5. The average molecular weight is 371 g/mol. The van der Waals surface area contributed by atoms with E-state index in [4.69, 9.17) is 0 Å². The van der Waals surface area contributed by atoms with Crippen LogP contribution in [0, 0.1) is 5.41 Å². The van der Waals surface area contributed by atoms with Gasteiger partial charge in [0.1, 0.15) is 0 Å². The van der Waals surface area contributed by atoms with Crippen LogP contribution in [-0.4, -0.2) is 11.1 Å². The number of hydrogen-bond acceptors (Lipinski definition) is 2. The van der Waals surface area contributed by atoms with Crippen molar-refractivity contribution in [2.24, 2.45) is 5.41 Å². The summed E-state index contributed by atoms with van der Waals surface area (Å²) in [6, 6.07) is 2.13. The lowest BCUT2D eigenvalue weighted by molar-refractivity contribution is -0.132. The van der Waals surface area contributed by atoms with E-state index >= 15 is 0 Å². The first kappa shape index (κ1) is 20.4. The van der Waals surface area contributed by atoms with Crippen molar-refractivity contribution in [1.29, 1.82) is 0 Å². The highest BCUT2D eigenvalue weighted by Gasteiger charge is 2.26. The molecule has 0 saturated carbocycles. The standard InChI is InChI=1S/C23H30O2S/c1-6-19(22(24)25)16(2)9-12-21-18(13-15-26-21)10-11-20-17(3)8-7-14-23(20,4)5/h9-13,15H,6-8,14H2,1-5H3,(H,24,25). The Bertz CT molecular complexity index is 785. The van der Waals surface area contributed by atoms with E-state index in [2.05, 4.69) is 44.4 Å². The number of carbonyl (C=O) groups is 1. The maximum absolute atomic E-state index is 11.3. The highest BCUT2D eigenvalue weighted by atomic mass is 32.1. The number of carboxylic acids is 1. The molecule has 0 spiro atoms. The quantitative estimate of drug-likeness (QED) is 0.428. The summed E-state index contributed by atoms with van der Waals surface area (Å²) in [5.74, 6) is -0.831. The molecular weight excluding hydrogens is 340 g/mol. The molecule has 2 nitrogen and oxygen atoms in total. The second kappa shape index (κ2) is 8.68. The number of carboxylic acid groups (broad SMARTS) is 1. The van der Waals surface area contributed by atoms with Crippen LogP contribution in [0.1, 0.15) is 70.7 Å². The molecule has 0 amide bonds. The van der Waals surface area contributed by atoms with E-state index in [0.29, 0.717) is 12.0 Å². The molecule has 1 aliphatic rings. The van der Waals surface area contributed by atoms with Gasteiger partial charge in [0.05, 0.1) is 0 Å². The molecule has 1 aromatic rings. The predicted molar refractivity (Wildman–Crippen MR) is 113 cm³/mol. The fraction of sp³-hybridized carbons (Fsp3) is 0.435. The molecule has 0 radical (unpaired) electrons. The molecule has 0 saturated heterocycles. The zero-order valence-electron chi connectivity index (χ0n) is 16.6. The van der Waals surface area contributed by atoms with Gasteiger partial charge in [-0.05, 0) is 79.2 Å². The third-order valence-electron chi connectivity index (χ3n) is 5.27. The van der Waals surface area contributed by atoms with Crippen LogP contribution in [0.3, 0.4) is 0 Å². The normalized spacial score (nSPS) is 18.7. The molecule has 1 N–H and O–H groups in total. The van der Waals surface area contributed by atoms with E-state index in [9.17, 15) is 9.90 Å². The van der Waals surface area contributed by atoms with Gasteiger partial charge in [-0.1, -0.05) is 44.6 Å². The van der Waals surface area contributed by atoms with Crippen molar-refractivity contribution < 1.29 is 9.90 Å². The van der Waals surface area contributed by atoms with Crippen LogP contribution in [0.25, 0.3) is 12.2 Å². The van der Waals surface area contributed by atoms with Crippen LogP contribution < -0.4 is 0 Å². The monoisotopic (exact) mass is 370 g/mol. The van der Waals surface area contributed by atoms with Crippen molar-refractivity contribution >= 4 is 29.5 Å². The maximum atomic E-state index is 11.3. The van der Waals surface area contributed by atoms with Gasteiger partial charge in [-0.25, -0.2) is 4.79 Å². The van der Waals surface area contributed by atoms with Crippen molar-refractivity contribution in [3.05, 3.63) is 56.3 Å². The third-order valence-corrected chi connectivity index (χ3v) is 6.17. The summed E-state index contributed by atoms with van der Waals surface area (Å²) in [6.45, 7) is 10.7. The van der Waals surface area contributed by atoms with E-state index < -0.39 is 5.97 Å². The maximum Gasteiger partial charge on any atom is 0.331 e. The summed E-state index contributed by atoms with van der Waals surface area (Å²) in [7, 11) is 0. The Morgan fingerprint density at radius 1 is 1.31 bits per heavy atom. The zero-order chi connectivity index (χ0) is 19.3. The van der Waals surface area contributed by atoms with Crippen molar-refractivity contribution in [2.45, 2.75) is 60.3 Å². The largest absolute Gasteiger partial charge is 0.478 e. The second-order valence-corrected chi connectivity index (χ2v) is 8.61. The van der Waals surface area contributed by atoms with Gasteiger partial charge in [0.15, 0.2) is 0 Å². The smallest absolute Gasteiger partial charge is 0.331 e. The summed E-state index contributed by atoms with van der Waals surface area (Å²) in [5, 5.41) is 11.3. The fourth-order valence-corrected chi connectivity index (χ4v) is 4.47. The highest BCUT2D eigenvalue weighted by molar-refractivity contribution is 7.11. The molecule has 26 heavy (non-hydrogen) atoms. The first-order valence-corrected chi connectivity index (χ1v) is 10.2. The number of rotatable bonds is 6. The van der Waals surface area contributed by atoms with Crippen LogP contribution in [0.5, 0.6) is 0 Å². The highest BCUT2D eigenvalue weighted by Crippen LogP contribution is 2.41. The summed E-state index contributed by atoms with van der Waals surface area (Å²) in [4.78, 5) is 12.4. The van der Waals surface area contributed by atoms with E-state index in [1.807, 2.05) is 26.0 Å². The van der Waals surface area contributed by atoms with Crippen molar-refractivity contribution in [2.75, 3.05) is 0 Å². The Labute approximate surface area is 161 Å². The molecule has 0 aliphatic heterocycles. The van der Waals surface area contributed by atoms with Crippen molar-refractivity contribution in [3.63, 3.8) is 0 Å². The Balaban J connectivity index is 2.27. The predicted octanol–water partition coefficient (Wildman–Crippen LogP) is 7.11. The van der Waals surface area contributed by atoms with Gasteiger partial charge in [-0.15, -0.1) is 11.3 Å². The van der Waals surface area contributed by atoms with E-state index in [-0.39, 0.29) is 5.41 Å². The Kier molecular flexibility index (Phi) is 6.82. The van der Waals surface area contributed by atoms with E-state index in [1.54, 1.807) is 11.3 Å². The van der Waals surface area contributed by atoms with Gasteiger partial charge < -0.3 is 5.11 Å². The Hall–Kier alpha value is -1.87. The SMILES string of the molecule is CCC(C(=O)O)=C(C)C=Cc1sccc1C=CC1=C(C)CCCC1(C)C. The van der Waals surface area contributed by atoms with Crippen LogP contribution >= 0.6 is 11.3 Å². The summed E-state index contributed by atoms with van der Waals surface area (Å²) >= 11 is 1.68. The first-order valence-electron chi connectivity index (χ1n) is 9.33. The topological polar surface area (TPSA) is 37.3 Å². The van der Waals surface area contributed by atoms with Crippen LogP contribution in [0.2, 0.25) is 0 Å². The van der Waals surface area contributed by atoms with Crippen LogP contribution in [0.4, 0.5) is 0 Å². The molecule has 140 valence electrons. The van der Waals surface area contributed by atoms with Crippen molar-refractivity contribution in [1.82, 2.24) is 0 Å². The minimum Gasteiger partial charge on any atom is -0.478 e. The zero-order valence-corrected chi connectivity index (χ0v) is 17.4. The molecule has 0 unspecified atom stereocenters. The second-order valence-electron chi connectivity index (χ2n) is 7.66. The molecule has 1 aromatic heterocycles. The molecule has 0 fully saturated rings. The van der Waals surface area contributed by atoms with E-state index in [0.717, 1.165) is 10.5 Å². The van der Waals surface area contributed by atoms with Gasteiger partial charge in [0, 0.05) is 10.5 Å². The first-order chi connectivity index (χ1) is 12.3. The lowest BCUT2D eigenvalue weighted by Gasteiger charge is -2.32. The van der Waals surface area contributed by atoms with Gasteiger partial charge in [0.25, 0.3) is 0 Å². The lowest BCUT2D eigenvalue weighted by atomic mass is 9.72. The van der Waals surface area contributed by atoms with E-state index in [1.165, 1.54) is 36.0 Å². The molecule has 0 aromatic carbocycles. The minimum atomic E-state index is -0.831.